The molecule has 0 aliphatic heterocycles. The van der Waals surface area contributed by atoms with Gasteiger partial charge in [0.05, 0.1) is 13.7 Å². The maximum atomic E-state index is 9.45. The van der Waals surface area contributed by atoms with E-state index in [-0.39, 0.29) is 6.61 Å². The lowest BCUT2D eigenvalue weighted by Crippen LogP contribution is -2.03. The zero-order valence-corrected chi connectivity index (χ0v) is 14.4. The molecule has 0 amide bonds. The molecule has 3 heteroatoms. The van der Waals surface area contributed by atoms with Gasteiger partial charge >= 0.3 is 0 Å². The Kier molecular flexibility index (Phi) is 5.36. The van der Waals surface area contributed by atoms with Gasteiger partial charge in [-0.15, -0.1) is 6.58 Å². The van der Waals surface area contributed by atoms with Crippen LogP contribution in [0.2, 0.25) is 0 Å². The summed E-state index contributed by atoms with van der Waals surface area (Å²) in [5, 5.41) is 11.8. The molecular formula is C22H22O3. The van der Waals surface area contributed by atoms with E-state index in [1.165, 1.54) is 10.8 Å². The molecule has 3 aromatic rings. The SMILES string of the molecule is C=CCc1cc(CO)cc(OC)c1OCc1cccc2ccccc12. The Morgan fingerprint density at radius 2 is 1.84 bits per heavy atom. The Labute approximate surface area is 148 Å². The normalized spacial score (nSPS) is 10.6. The summed E-state index contributed by atoms with van der Waals surface area (Å²) in [6, 6.07) is 18.2. The number of fused-ring (bicyclic) bond motifs is 1. The number of ether oxygens (including phenoxy) is 2. The molecule has 0 atom stereocenters. The van der Waals surface area contributed by atoms with E-state index >= 15 is 0 Å². The maximum Gasteiger partial charge on any atom is 0.165 e. The van der Waals surface area contributed by atoms with E-state index in [1.807, 2.05) is 36.4 Å². The molecular weight excluding hydrogens is 312 g/mol. The van der Waals surface area contributed by atoms with E-state index in [0.29, 0.717) is 24.5 Å². The molecule has 3 nitrogen and oxygen atoms in total. The molecule has 0 aromatic heterocycles. The van der Waals surface area contributed by atoms with E-state index in [2.05, 4.69) is 30.8 Å². The molecule has 0 aliphatic carbocycles. The molecule has 1 N–H and O–H groups in total. The second kappa shape index (κ2) is 7.86. The predicted molar refractivity (Wildman–Crippen MR) is 101 cm³/mol. The largest absolute Gasteiger partial charge is 0.493 e. The smallest absolute Gasteiger partial charge is 0.165 e. The number of aliphatic hydroxyl groups excluding tert-OH is 1. The Balaban J connectivity index is 1.95. The van der Waals surface area contributed by atoms with Crippen LogP contribution in [0.25, 0.3) is 10.8 Å². The summed E-state index contributed by atoms with van der Waals surface area (Å²) in [4.78, 5) is 0. The van der Waals surface area contributed by atoms with Crippen molar-refractivity contribution in [3.8, 4) is 11.5 Å². The molecule has 0 saturated heterocycles. The van der Waals surface area contributed by atoms with Gasteiger partial charge in [0, 0.05) is 5.56 Å². The van der Waals surface area contributed by atoms with Crippen LogP contribution in [0.15, 0.2) is 67.3 Å². The highest BCUT2D eigenvalue weighted by atomic mass is 16.5. The topological polar surface area (TPSA) is 38.7 Å². The third kappa shape index (κ3) is 3.67. The molecule has 0 spiro atoms. The van der Waals surface area contributed by atoms with Gasteiger partial charge in [-0.2, -0.15) is 0 Å². The second-order valence-corrected chi connectivity index (χ2v) is 5.86. The zero-order chi connectivity index (χ0) is 17.6. The summed E-state index contributed by atoms with van der Waals surface area (Å²) < 4.78 is 11.6. The molecule has 128 valence electrons. The van der Waals surface area contributed by atoms with E-state index in [9.17, 15) is 5.11 Å². The second-order valence-electron chi connectivity index (χ2n) is 5.86. The van der Waals surface area contributed by atoms with Gasteiger partial charge in [-0.05, 0) is 40.5 Å². The minimum atomic E-state index is -0.0376. The third-order valence-electron chi connectivity index (χ3n) is 4.21. The summed E-state index contributed by atoms with van der Waals surface area (Å²) in [6.07, 6.45) is 2.47. The first-order valence-corrected chi connectivity index (χ1v) is 8.27. The lowest BCUT2D eigenvalue weighted by atomic mass is 10.0. The quantitative estimate of drug-likeness (QED) is 0.639. The molecule has 0 saturated carbocycles. The predicted octanol–water partition coefficient (Wildman–Crippen LogP) is 4.65. The maximum absolute atomic E-state index is 9.45. The summed E-state index contributed by atoms with van der Waals surface area (Å²) in [5.41, 5.74) is 2.88. The molecule has 3 aromatic carbocycles. The van der Waals surface area contributed by atoms with Crippen molar-refractivity contribution < 1.29 is 14.6 Å². The summed E-state index contributed by atoms with van der Waals surface area (Å²) in [6.45, 7) is 4.22. The molecule has 0 unspecified atom stereocenters. The Bertz CT molecular complexity index is 878. The van der Waals surface area contributed by atoms with Gasteiger partial charge in [0.15, 0.2) is 11.5 Å². The van der Waals surface area contributed by atoms with Gasteiger partial charge in [-0.25, -0.2) is 0 Å². The fourth-order valence-electron chi connectivity index (χ4n) is 3.01. The minimum absolute atomic E-state index is 0.0376. The first kappa shape index (κ1) is 17.1. The average Bonchev–Trinajstić information content (AvgIpc) is 2.66. The number of methoxy groups -OCH3 is 1. The summed E-state index contributed by atoms with van der Waals surface area (Å²) >= 11 is 0. The van der Waals surface area contributed by atoms with Gasteiger partial charge in [0.25, 0.3) is 0 Å². The van der Waals surface area contributed by atoms with Gasteiger partial charge in [-0.1, -0.05) is 48.5 Å². The lowest BCUT2D eigenvalue weighted by molar-refractivity contribution is 0.273. The molecule has 0 radical (unpaired) electrons. The van der Waals surface area contributed by atoms with Crippen LogP contribution in [0.4, 0.5) is 0 Å². The zero-order valence-electron chi connectivity index (χ0n) is 14.4. The van der Waals surface area contributed by atoms with E-state index in [0.717, 1.165) is 16.7 Å². The number of allylic oxidation sites excluding steroid dienone is 1. The first-order valence-electron chi connectivity index (χ1n) is 8.27. The molecule has 25 heavy (non-hydrogen) atoms. The van der Waals surface area contributed by atoms with Gasteiger partial charge < -0.3 is 14.6 Å². The number of aliphatic hydroxyl groups is 1. The van der Waals surface area contributed by atoms with Gasteiger partial charge in [-0.3, -0.25) is 0 Å². The number of benzene rings is 3. The van der Waals surface area contributed by atoms with Crippen LogP contribution in [-0.2, 0) is 19.6 Å². The van der Waals surface area contributed by atoms with Crippen molar-refractivity contribution in [3.63, 3.8) is 0 Å². The van der Waals surface area contributed by atoms with Gasteiger partial charge in [0.1, 0.15) is 6.61 Å². The van der Waals surface area contributed by atoms with Crippen LogP contribution >= 0.6 is 0 Å². The van der Waals surface area contributed by atoms with Crippen molar-refractivity contribution in [1.29, 1.82) is 0 Å². The average molecular weight is 334 g/mol. The summed E-state index contributed by atoms with van der Waals surface area (Å²) in [5.74, 6) is 1.33. The van der Waals surface area contributed by atoms with Crippen LogP contribution < -0.4 is 9.47 Å². The van der Waals surface area contributed by atoms with Crippen LogP contribution in [0.3, 0.4) is 0 Å². The standard InChI is InChI=1S/C22H22O3/c1-3-7-18-12-16(14-23)13-21(24-2)22(18)25-15-19-10-6-9-17-8-4-5-11-20(17)19/h3-6,8-13,23H,1,7,14-15H2,2H3. The molecule has 0 heterocycles. The Morgan fingerprint density at radius 1 is 1.04 bits per heavy atom. The van der Waals surface area contributed by atoms with Crippen molar-refractivity contribution in [2.75, 3.05) is 7.11 Å². The molecule has 0 bridgehead atoms. The van der Waals surface area contributed by atoms with E-state index in [1.54, 1.807) is 7.11 Å². The Morgan fingerprint density at radius 3 is 2.60 bits per heavy atom. The highest BCUT2D eigenvalue weighted by molar-refractivity contribution is 5.85. The van der Waals surface area contributed by atoms with Gasteiger partial charge in [0.2, 0.25) is 0 Å². The minimum Gasteiger partial charge on any atom is -0.493 e. The number of hydrogen-bond acceptors (Lipinski definition) is 3. The highest BCUT2D eigenvalue weighted by Gasteiger charge is 2.13. The fraction of sp³-hybridized carbons (Fsp3) is 0.182. The van der Waals surface area contributed by atoms with Crippen LogP contribution in [0.1, 0.15) is 16.7 Å². The number of rotatable bonds is 7. The van der Waals surface area contributed by atoms with Crippen molar-refractivity contribution >= 4 is 10.8 Å². The Hall–Kier alpha value is -2.78. The fourth-order valence-corrected chi connectivity index (χ4v) is 3.01. The van der Waals surface area contributed by atoms with Crippen molar-refractivity contribution in [2.24, 2.45) is 0 Å². The van der Waals surface area contributed by atoms with Crippen LogP contribution in [-0.4, -0.2) is 12.2 Å². The number of hydrogen-bond donors (Lipinski definition) is 1. The monoisotopic (exact) mass is 334 g/mol. The molecule has 3 rings (SSSR count). The first-order chi connectivity index (χ1) is 12.3. The van der Waals surface area contributed by atoms with E-state index in [4.69, 9.17) is 9.47 Å². The van der Waals surface area contributed by atoms with Crippen LogP contribution in [0.5, 0.6) is 11.5 Å². The summed E-state index contributed by atoms with van der Waals surface area (Å²) in [7, 11) is 1.61. The van der Waals surface area contributed by atoms with Crippen molar-refractivity contribution in [2.45, 2.75) is 19.6 Å². The lowest BCUT2D eigenvalue weighted by Gasteiger charge is -2.17. The highest BCUT2D eigenvalue weighted by Crippen LogP contribution is 2.34. The van der Waals surface area contributed by atoms with Crippen molar-refractivity contribution in [1.82, 2.24) is 0 Å². The molecule has 0 aliphatic rings. The third-order valence-corrected chi connectivity index (χ3v) is 4.21. The van der Waals surface area contributed by atoms with E-state index < -0.39 is 0 Å². The van der Waals surface area contributed by atoms with Crippen molar-refractivity contribution in [3.05, 3.63) is 83.9 Å². The molecule has 0 fully saturated rings. The van der Waals surface area contributed by atoms with Crippen LogP contribution in [0, 0.1) is 0 Å².